The number of nitrogen functional groups attached to an aromatic ring is 1. The number of hydrogen-bond donors (Lipinski definition) is 3. The Kier molecular flexibility index (Phi) is 3.86. The van der Waals surface area contributed by atoms with E-state index in [4.69, 9.17) is 5.73 Å². The first-order chi connectivity index (χ1) is 8.96. The monoisotopic (exact) mass is 284 g/mol. The number of nitrogens with two attached hydrogens (primary N) is 1. The van der Waals surface area contributed by atoms with E-state index in [1.807, 2.05) is 0 Å². The summed E-state index contributed by atoms with van der Waals surface area (Å²) in [6, 6.07) is 0. The molecule has 0 aliphatic heterocycles. The second-order valence-electron chi connectivity index (χ2n) is 4.12. The molecule has 2 aromatic heterocycles. The van der Waals surface area contributed by atoms with Gasteiger partial charge < -0.3 is 15.5 Å². The van der Waals surface area contributed by atoms with Crippen molar-refractivity contribution in [1.29, 1.82) is 0 Å². The zero-order valence-electron chi connectivity index (χ0n) is 10.5. The maximum absolute atomic E-state index is 10.9. The summed E-state index contributed by atoms with van der Waals surface area (Å²) in [5, 5.41) is 3.09. The Morgan fingerprint density at radius 2 is 2.21 bits per heavy atom. The van der Waals surface area contributed by atoms with Gasteiger partial charge in [0.25, 0.3) is 0 Å². The molecular formula is C10H16N6O2S. The molecule has 0 radical (unpaired) electrons. The normalized spacial score (nSPS) is 11.8. The highest BCUT2D eigenvalue weighted by Crippen LogP contribution is 2.14. The molecule has 19 heavy (non-hydrogen) atoms. The van der Waals surface area contributed by atoms with Crippen molar-refractivity contribution in [2.24, 2.45) is 0 Å². The van der Waals surface area contributed by atoms with Crippen molar-refractivity contribution in [3.63, 3.8) is 0 Å². The van der Waals surface area contributed by atoms with E-state index >= 15 is 0 Å². The lowest BCUT2D eigenvalue weighted by molar-refractivity contribution is 0.586. The minimum atomic E-state index is -3.13. The molecule has 104 valence electrons. The van der Waals surface area contributed by atoms with E-state index in [0.29, 0.717) is 36.8 Å². The van der Waals surface area contributed by atoms with Gasteiger partial charge in [0.05, 0.1) is 12.5 Å². The average Bonchev–Trinajstić information content (AvgIpc) is 2.74. The number of anilines is 2. The Morgan fingerprint density at radius 1 is 1.42 bits per heavy atom. The average molecular weight is 284 g/mol. The SMILES string of the molecule is CS(=O)(=O)NCCCNc1nc(N)cn2ccnc12. The Morgan fingerprint density at radius 3 is 2.95 bits per heavy atom. The number of nitrogens with one attached hydrogen (secondary N) is 2. The van der Waals surface area contributed by atoms with Crippen LogP contribution in [0.25, 0.3) is 5.65 Å². The molecule has 0 saturated heterocycles. The number of fused-ring (bicyclic) bond motifs is 1. The van der Waals surface area contributed by atoms with Gasteiger partial charge in [0.1, 0.15) is 5.82 Å². The molecule has 0 fully saturated rings. The quantitative estimate of drug-likeness (QED) is 0.625. The fourth-order valence-electron chi connectivity index (χ4n) is 1.62. The van der Waals surface area contributed by atoms with Crippen LogP contribution in [0.1, 0.15) is 6.42 Å². The van der Waals surface area contributed by atoms with Gasteiger partial charge in [0.2, 0.25) is 10.0 Å². The molecule has 2 aromatic rings. The molecule has 4 N–H and O–H groups in total. The molecule has 0 aliphatic rings. The lowest BCUT2D eigenvalue weighted by atomic mass is 10.4. The van der Waals surface area contributed by atoms with E-state index in [1.165, 1.54) is 0 Å². The highest BCUT2D eigenvalue weighted by Gasteiger charge is 2.05. The predicted molar refractivity (Wildman–Crippen MR) is 73.4 cm³/mol. The van der Waals surface area contributed by atoms with Crippen molar-refractivity contribution in [2.75, 3.05) is 30.4 Å². The van der Waals surface area contributed by atoms with Crippen molar-refractivity contribution in [2.45, 2.75) is 6.42 Å². The minimum absolute atomic E-state index is 0.374. The van der Waals surface area contributed by atoms with Gasteiger partial charge in [0.15, 0.2) is 11.5 Å². The van der Waals surface area contributed by atoms with Crippen LogP contribution in [-0.2, 0) is 10.0 Å². The van der Waals surface area contributed by atoms with Crippen LogP contribution in [-0.4, -0.2) is 42.1 Å². The van der Waals surface area contributed by atoms with Crippen LogP contribution in [0.2, 0.25) is 0 Å². The molecule has 0 aliphatic carbocycles. The fraction of sp³-hybridized carbons (Fsp3) is 0.400. The van der Waals surface area contributed by atoms with Gasteiger partial charge in [0, 0.05) is 25.5 Å². The molecule has 0 spiro atoms. The van der Waals surface area contributed by atoms with E-state index in [0.717, 1.165) is 6.26 Å². The largest absolute Gasteiger partial charge is 0.382 e. The maximum Gasteiger partial charge on any atom is 0.208 e. The molecule has 0 aromatic carbocycles. The van der Waals surface area contributed by atoms with Gasteiger partial charge in [-0.1, -0.05) is 0 Å². The number of imidazole rings is 1. The second-order valence-corrected chi connectivity index (χ2v) is 5.95. The van der Waals surface area contributed by atoms with Crippen LogP contribution in [0.5, 0.6) is 0 Å². The van der Waals surface area contributed by atoms with E-state index < -0.39 is 10.0 Å². The van der Waals surface area contributed by atoms with E-state index in [9.17, 15) is 8.42 Å². The lowest BCUT2D eigenvalue weighted by Crippen LogP contribution is -2.24. The summed E-state index contributed by atoms with van der Waals surface area (Å²) in [4.78, 5) is 8.33. The van der Waals surface area contributed by atoms with Gasteiger partial charge >= 0.3 is 0 Å². The first-order valence-corrected chi connectivity index (χ1v) is 7.62. The van der Waals surface area contributed by atoms with Gasteiger partial charge in [-0.3, -0.25) is 0 Å². The molecule has 0 unspecified atom stereocenters. The third-order valence-electron chi connectivity index (χ3n) is 2.40. The topological polar surface area (TPSA) is 114 Å². The van der Waals surface area contributed by atoms with Crippen molar-refractivity contribution in [1.82, 2.24) is 19.1 Å². The van der Waals surface area contributed by atoms with E-state index in [2.05, 4.69) is 20.0 Å². The van der Waals surface area contributed by atoms with Crippen LogP contribution < -0.4 is 15.8 Å². The zero-order valence-corrected chi connectivity index (χ0v) is 11.3. The Hall–Kier alpha value is -1.87. The van der Waals surface area contributed by atoms with Crippen LogP contribution in [0.3, 0.4) is 0 Å². The van der Waals surface area contributed by atoms with Crippen molar-refractivity contribution < 1.29 is 8.42 Å². The third kappa shape index (κ3) is 3.80. The molecule has 2 heterocycles. The van der Waals surface area contributed by atoms with Crippen molar-refractivity contribution in [3.05, 3.63) is 18.6 Å². The number of sulfonamides is 1. The molecule has 9 heteroatoms. The number of hydrogen-bond acceptors (Lipinski definition) is 6. The molecule has 0 atom stereocenters. The first kappa shape index (κ1) is 13.6. The fourth-order valence-corrected chi connectivity index (χ4v) is 2.14. The summed E-state index contributed by atoms with van der Waals surface area (Å²) in [7, 11) is -3.13. The Labute approximate surface area is 111 Å². The second kappa shape index (κ2) is 5.41. The highest BCUT2D eigenvalue weighted by molar-refractivity contribution is 7.88. The smallest absolute Gasteiger partial charge is 0.208 e. The van der Waals surface area contributed by atoms with Gasteiger partial charge in [-0.2, -0.15) is 0 Å². The molecule has 0 amide bonds. The lowest BCUT2D eigenvalue weighted by Gasteiger charge is -2.08. The first-order valence-electron chi connectivity index (χ1n) is 5.73. The van der Waals surface area contributed by atoms with Crippen molar-refractivity contribution in [3.8, 4) is 0 Å². The Balaban J connectivity index is 1.93. The van der Waals surface area contributed by atoms with Gasteiger partial charge in [-0.15, -0.1) is 0 Å². The Bertz CT molecular complexity index is 666. The van der Waals surface area contributed by atoms with Crippen LogP contribution in [0.4, 0.5) is 11.6 Å². The van der Waals surface area contributed by atoms with Gasteiger partial charge in [-0.25, -0.2) is 23.1 Å². The van der Waals surface area contributed by atoms with E-state index in [1.54, 1.807) is 23.0 Å². The summed E-state index contributed by atoms with van der Waals surface area (Å²) in [5.74, 6) is 0.978. The predicted octanol–water partition coefficient (Wildman–Crippen LogP) is -0.337. The highest BCUT2D eigenvalue weighted by atomic mass is 32.2. The number of rotatable bonds is 6. The molecule has 0 saturated carbocycles. The molecule has 0 bridgehead atoms. The number of nitrogens with zero attached hydrogens (tertiary/aromatic N) is 3. The molecular weight excluding hydrogens is 268 g/mol. The van der Waals surface area contributed by atoms with Crippen LogP contribution in [0, 0.1) is 0 Å². The van der Waals surface area contributed by atoms with Gasteiger partial charge in [-0.05, 0) is 6.42 Å². The number of aromatic nitrogens is 3. The van der Waals surface area contributed by atoms with Crippen molar-refractivity contribution >= 4 is 27.3 Å². The third-order valence-corrected chi connectivity index (χ3v) is 3.13. The summed E-state index contributed by atoms with van der Waals surface area (Å²) < 4.78 is 25.9. The summed E-state index contributed by atoms with van der Waals surface area (Å²) in [6.07, 6.45) is 6.89. The summed E-state index contributed by atoms with van der Waals surface area (Å²) in [6.45, 7) is 0.945. The van der Waals surface area contributed by atoms with Crippen LogP contribution >= 0.6 is 0 Å². The maximum atomic E-state index is 10.9. The molecule has 2 rings (SSSR count). The standard InChI is InChI=1S/C10H16N6O2S/c1-19(17,18)14-4-2-3-12-9-10-13-5-6-16(10)7-8(11)15-9/h5-7,14H,2-4,11H2,1H3,(H,12,15). The molecule has 8 nitrogen and oxygen atoms in total. The van der Waals surface area contributed by atoms with E-state index in [-0.39, 0.29) is 0 Å². The minimum Gasteiger partial charge on any atom is -0.382 e. The zero-order chi connectivity index (χ0) is 13.9. The summed E-state index contributed by atoms with van der Waals surface area (Å²) in [5.41, 5.74) is 6.37. The van der Waals surface area contributed by atoms with Crippen LogP contribution in [0.15, 0.2) is 18.6 Å². The summed E-state index contributed by atoms with van der Waals surface area (Å²) >= 11 is 0.